The molecule has 0 saturated heterocycles. The lowest BCUT2D eigenvalue weighted by Crippen LogP contribution is -2.64. The minimum atomic E-state index is -1.07. The summed E-state index contributed by atoms with van der Waals surface area (Å²) in [6, 6.07) is 8.34. The van der Waals surface area contributed by atoms with Crippen molar-refractivity contribution in [2.45, 2.75) is 57.7 Å². The summed E-state index contributed by atoms with van der Waals surface area (Å²) in [7, 11) is 0. The SMILES string of the molecule is CCN1C(=O)c2cc(C(=O)Nc3ccc(Cl)cc3)nn2C[C@]1(C)C(=O)NC1CCCC1. The van der Waals surface area contributed by atoms with Crippen molar-refractivity contribution in [2.75, 3.05) is 11.9 Å². The predicted molar refractivity (Wildman–Crippen MR) is 117 cm³/mol. The number of rotatable bonds is 5. The molecule has 1 aromatic heterocycles. The number of carbonyl (C=O) groups is 3. The van der Waals surface area contributed by atoms with Crippen molar-refractivity contribution in [2.24, 2.45) is 0 Å². The molecule has 3 amide bonds. The first-order chi connectivity index (χ1) is 14.8. The molecular formula is C22H26ClN5O3. The van der Waals surface area contributed by atoms with E-state index < -0.39 is 11.4 Å². The highest BCUT2D eigenvalue weighted by Gasteiger charge is 2.48. The number of nitrogens with zero attached hydrogens (tertiary/aromatic N) is 3. The summed E-state index contributed by atoms with van der Waals surface area (Å²) >= 11 is 5.88. The van der Waals surface area contributed by atoms with Crippen molar-refractivity contribution >= 4 is 35.0 Å². The van der Waals surface area contributed by atoms with Crippen LogP contribution in [0.25, 0.3) is 0 Å². The minimum Gasteiger partial charge on any atom is -0.351 e. The predicted octanol–water partition coefficient (Wildman–Crippen LogP) is 3.08. The summed E-state index contributed by atoms with van der Waals surface area (Å²) in [6.45, 7) is 4.18. The van der Waals surface area contributed by atoms with Gasteiger partial charge in [0.1, 0.15) is 11.2 Å². The second-order valence-corrected chi connectivity index (χ2v) is 8.75. The number of fused-ring (bicyclic) bond motifs is 1. The highest BCUT2D eigenvalue weighted by Crippen LogP contribution is 2.29. The first-order valence-corrected chi connectivity index (χ1v) is 11.0. The number of carbonyl (C=O) groups excluding carboxylic acids is 3. The van der Waals surface area contributed by atoms with Crippen LogP contribution in [0.5, 0.6) is 0 Å². The Morgan fingerprint density at radius 3 is 2.55 bits per heavy atom. The van der Waals surface area contributed by atoms with Gasteiger partial charge in [-0.05, 0) is 51.0 Å². The third-order valence-corrected chi connectivity index (χ3v) is 6.38. The van der Waals surface area contributed by atoms with E-state index in [2.05, 4.69) is 15.7 Å². The summed E-state index contributed by atoms with van der Waals surface area (Å²) in [5, 5.41) is 10.8. The van der Waals surface area contributed by atoms with Gasteiger partial charge in [-0.2, -0.15) is 5.10 Å². The molecule has 2 aromatic rings. The average molecular weight is 444 g/mol. The van der Waals surface area contributed by atoms with Crippen LogP contribution >= 0.6 is 11.6 Å². The molecule has 164 valence electrons. The van der Waals surface area contributed by atoms with Crippen LogP contribution < -0.4 is 10.6 Å². The summed E-state index contributed by atoms with van der Waals surface area (Å²) in [6.07, 6.45) is 4.13. The maximum absolute atomic E-state index is 13.2. The van der Waals surface area contributed by atoms with E-state index in [4.69, 9.17) is 11.6 Å². The molecule has 2 heterocycles. The maximum atomic E-state index is 13.2. The van der Waals surface area contributed by atoms with Gasteiger partial charge in [0.05, 0.1) is 6.54 Å². The Hall–Kier alpha value is -2.87. The summed E-state index contributed by atoms with van der Waals surface area (Å²) in [4.78, 5) is 40.6. The third kappa shape index (κ3) is 4.04. The molecular weight excluding hydrogens is 418 g/mol. The molecule has 1 aliphatic heterocycles. The number of hydrogen-bond donors (Lipinski definition) is 2. The van der Waals surface area contributed by atoms with E-state index in [1.165, 1.54) is 10.7 Å². The normalized spacial score (nSPS) is 21.1. The topological polar surface area (TPSA) is 96.3 Å². The molecule has 1 saturated carbocycles. The number of halogens is 1. The van der Waals surface area contributed by atoms with Gasteiger partial charge in [-0.3, -0.25) is 19.1 Å². The fourth-order valence-corrected chi connectivity index (χ4v) is 4.51. The smallest absolute Gasteiger partial charge is 0.276 e. The summed E-state index contributed by atoms with van der Waals surface area (Å²) < 4.78 is 1.47. The molecule has 1 atom stereocenters. The Morgan fingerprint density at radius 1 is 1.23 bits per heavy atom. The van der Waals surface area contributed by atoms with Gasteiger partial charge in [0.2, 0.25) is 5.91 Å². The van der Waals surface area contributed by atoms with Crippen molar-refractivity contribution in [3.05, 3.63) is 46.7 Å². The zero-order valence-electron chi connectivity index (χ0n) is 17.7. The number of likely N-dealkylation sites (N-methyl/N-ethyl adjacent to an activating group) is 1. The van der Waals surface area contributed by atoms with Crippen LogP contribution in [0, 0.1) is 0 Å². The Kier molecular flexibility index (Phi) is 5.75. The first kappa shape index (κ1) is 21.4. The lowest BCUT2D eigenvalue weighted by atomic mass is 9.94. The number of benzene rings is 1. The Balaban J connectivity index is 1.57. The van der Waals surface area contributed by atoms with Crippen LogP contribution in [0.2, 0.25) is 5.02 Å². The zero-order chi connectivity index (χ0) is 22.2. The van der Waals surface area contributed by atoms with Crippen LogP contribution in [0.4, 0.5) is 5.69 Å². The van der Waals surface area contributed by atoms with Gasteiger partial charge in [0.25, 0.3) is 11.8 Å². The lowest BCUT2D eigenvalue weighted by Gasteiger charge is -2.43. The molecule has 31 heavy (non-hydrogen) atoms. The first-order valence-electron chi connectivity index (χ1n) is 10.6. The molecule has 2 N–H and O–H groups in total. The average Bonchev–Trinajstić information content (AvgIpc) is 3.40. The van der Waals surface area contributed by atoms with Crippen molar-refractivity contribution in [3.8, 4) is 0 Å². The molecule has 1 aliphatic carbocycles. The Morgan fingerprint density at radius 2 is 1.90 bits per heavy atom. The number of nitrogens with one attached hydrogen (secondary N) is 2. The van der Waals surface area contributed by atoms with E-state index >= 15 is 0 Å². The fraction of sp³-hybridized carbons (Fsp3) is 0.455. The lowest BCUT2D eigenvalue weighted by molar-refractivity contribution is -0.133. The molecule has 0 spiro atoms. The van der Waals surface area contributed by atoms with Crippen LogP contribution in [0.15, 0.2) is 30.3 Å². The van der Waals surface area contributed by atoms with Gasteiger partial charge in [-0.15, -0.1) is 0 Å². The van der Waals surface area contributed by atoms with Crippen LogP contribution in [-0.4, -0.2) is 50.5 Å². The van der Waals surface area contributed by atoms with Gasteiger partial charge < -0.3 is 15.5 Å². The molecule has 9 heteroatoms. The molecule has 2 aliphatic rings. The molecule has 1 aromatic carbocycles. The van der Waals surface area contributed by atoms with E-state index in [1.54, 1.807) is 36.1 Å². The molecule has 4 rings (SSSR count). The number of hydrogen-bond acceptors (Lipinski definition) is 4. The summed E-state index contributed by atoms with van der Waals surface area (Å²) in [5.41, 5.74) is -0.0797. The quantitative estimate of drug-likeness (QED) is 0.742. The molecule has 0 bridgehead atoms. The van der Waals surface area contributed by atoms with E-state index in [0.29, 0.717) is 22.9 Å². The minimum absolute atomic E-state index is 0.120. The Labute approximate surface area is 185 Å². The van der Waals surface area contributed by atoms with E-state index in [9.17, 15) is 14.4 Å². The standard InChI is InChI=1S/C22H26ClN5O3/c1-3-27-20(30)18-12-17(19(29)24-16-10-8-14(23)9-11-16)26-28(18)13-22(27,2)21(31)25-15-6-4-5-7-15/h8-12,15H,3-7,13H2,1-2H3,(H,24,29)(H,25,31)/t22-/m1/s1. The van der Waals surface area contributed by atoms with Gasteiger partial charge in [0.15, 0.2) is 5.69 Å². The van der Waals surface area contributed by atoms with Crippen LogP contribution in [0.1, 0.15) is 60.5 Å². The highest BCUT2D eigenvalue weighted by molar-refractivity contribution is 6.30. The third-order valence-electron chi connectivity index (χ3n) is 6.13. The molecule has 1 fully saturated rings. The number of amides is 3. The van der Waals surface area contributed by atoms with Crippen molar-refractivity contribution in [3.63, 3.8) is 0 Å². The largest absolute Gasteiger partial charge is 0.351 e. The summed E-state index contributed by atoms with van der Waals surface area (Å²) in [5.74, 6) is -0.920. The van der Waals surface area contributed by atoms with Gasteiger partial charge >= 0.3 is 0 Å². The zero-order valence-corrected chi connectivity index (χ0v) is 18.4. The fourth-order valence-electron chi connectivity index (χ4n) is 4.39. The van der Waals surface area contributed by atoms with E-state index in [0.717, 1.165) is 25.7 Å². The maximum Gasteiger partial charge on any atom is 0.276 e. The van der Waals surface area contributed by atoms with Gasteiger partial charge in [0, 0.05) is 29.4 Å². The monoisotopic (exact) mass is 443 g/mol. The van der Waals surface area contributed by atoms with E-state index in [-0.39, 0.29) is 30.1 Å². The van der Waals surface area contributed by atoms with E-state index in [1.807, 2.05) is 6.92 Å². The Bertz CT molecular complexity index is 1010. The molecule has 0 unspecified atom stereocenters. The van der Waals surface area contributed by atoms with Gasteiger partial charge in [-0.25, -0.2) is 0 Å². The van der Waals surface area contributed by atoms with Crippen molar-refractivity contribution < 1.29 is 14.4 Å². The molecule has 8 nitrogen and oxygen atoms in total. The van der Waals surface area contributed by atoms with Crippen molar-refractivity contribution in [1.82, 2.24) is 20.0 Å². The second kappa shape index (κ2) is 8.34. The highest BCUT2D eigenvalue weighted by atomic mass is 35.5. The van der Waals surface area contributed by atoms with Crippen LogP contribution in [0.3, 0.4) is 0 Å². The van der Waals surface area contributed by atoms with Gasteiger partial charge in [-0.1, -0.05) is 24.4 Å². The van der Waals surface area contributed by atoms with Crippen molar-refractivity contribution in [1.29, 1.82) is 0 Å². The number of anilines is 1. The second-order valence-electron chi connectivity index (χ2n) is 8.31. The van der Waals surface area contributed by atoms with Crippen LogP contribution in [-0.2, 0) is 11.3 Å². The number of aromatic nitrogens is 2. The molecule has 0 radical (unpaired) electrons.